The molecule has 0 bridgehead atoms. The Labute approximate surface area is 124 Å². The monoisotopic (exact) mass is 302 g/mol. The van der Waals surface area contributed by atoms with Crippen molar-refractivity contribution < 1.29 is 23.5 Å². The second-order valence-electron chi connectivity index (χ2n) is 5.74. The highest BCUT2D eigenvalue weighted by Gasteiger charge is 2.24. The number of ether oxygens (including phenoxy) is 2. The standard InChI is InChI=1S/C14H23FN2O4/c1-5-20-12(18)11(15)10-6-8-17(9-7-10)16-13(19)21-14(2,3)4/h5-9H2,1-4H3,(H,16,19). The summed E-state index contributed by atoms with van der Waals surface area (Å²) in [6.45, 7) is 7.94. The normalized spacial score (nSPS) is 16.3. The quantitative estimate of drug-likeness (QED) is 0.640. The van der Waals surface area contributed by atoms with Gasteiger partial charge in [0.05, 0.1) is 6.61 Å². The van der Waals surface area contributed by atoms with Crippen molar-refractivity contribution >= 4 is 12.1 Å². The minimum absolute atomic E-state index is 0.145. The number of carbonyl (C=O) groups excluding carboxylic acids is 2. The van der Waals surface area contributed by atoms with E-state index in [-0.39, 0.29) is 6.61 Å². The molecule has 1 amide bonds. The molecule has 0 atom stereocenters. The summed E-state index contributed by atoms with van der Waals surface area (Å²) in [4.78, 5) is 22.9. The Bertz CT molecular complexity index is 419. The number of rotatable bonds is 3. The number of piperidine rings is 1. The average molecular weight is 302 g/mol. The van der Waals surface area contributed by atoms with E-state index in [4.69, 9.17) is 4.74 Å². The molecular formula is C14H23FN2O4. The van der Waals surface area contributed by atoms with Gasteiger partial charge in [0.1, 0.15) is 5.60 Å². The van der Waals surface area contributed by atoms with Crippen molar-refractivity contribution in [3.8, 4) is 0 Å². The van der Waals surface area contributed by atoms with E-state index in [0.717, 1.165) is 0 Å². The molecule has 1 N–H and O–H groups in total. The first-order valence-corrected chi connectivity index (χ1v) is 7.02. The fourth-order valence-corrected chi connectivity index (χ4v) is 1.88. The third-order valence-electron chi connectivity index (χ3n) is 2.78. The Morgan fingerprint density at radius 2 is 1.86 bits per heavy atom. The molecule has 0 aromatic heterocycles. The molecule has 0 unspecified atom stereocenters. The van der Waals surface area contributed by atoms with Gasteiger partial charge >= 0.3 is 12.1 Å². The minimum atomic E-state index is -0.916. The number of hydrazine groups is 1. The fraction of sp³-hybridized carbons (Fsp3) is 0.714. The Hall–Kier alpha value is -1.63. The van der Waals surface area contributed by atoms with Gasteiger partial charge < -0.3 is 9.47 Å². The number of esters is 1. The predicted octanol–water partition coefficient (Wildman–Crippen LogP) is 2.31. The smallest absolute Gasteiger partial charge is 0.422 e. The fourth-order valence-electron chi connectivity index (χ4n) is 1.88. The third-order valence-corrected chi connectivity index (χ3v) is 2.78. The lowest BCUT2D eigenvalue weighted by Gasteiger charge is -2.29. The van der Waals surface area contributed by atoms with E-state index < -0.39 is 23.5 Å². The van der Waals surface area contributed by atoms with Crippen molar-refractivity contribution in [1.82, 2.24) is 10.4 Å². The lowest BCUT2D eigenvalue weighted by molar-refractivity contribution is -0.140. The lowest BCUT2D eigenvalue weighted by atomic mass is 10.0. The van der Waals surface area contributed by atoms with Crippen molar-refractivity contribution in [2.75, 3.05) is 19.7 Å². The van der Waals surface area contributed by atoms with E-state index in [9.17, 15) is 14.0 Å². The molecule has 120 valence electrons. The number of carbonyl (C=O) groups is 2. The summed E-state index contributed by atoms with van der Waals surface area (Å²) in [5.41, 5.74) is 2.46. The van der Waals surface area contributed by atoms with Crippen molar-refractivity contribution in [2.45, 2.75) is 46.1 Å². The van der Waals surface area contributed by atoms with Gasteiger partial charge in [-0.2, -0.15) is 4.39 Å². The van der Waals surface area contributed by atoms with Crippen LogP contribution in [0, 0.1) is 0 Å². The molecule has 1 heterocycles. The van der Waals surface area contributed by atoms with Crippen molar-refractivity contribution in [3.63, 3.8) is 0 Å². The molecule has 1 aliphatic heterocycles. The summed E-state index contributed by atoms with van der Waals surface area (Å²) >= 11 is 0. The first-order chi connectivity index (χ1) is 9.73. The van der Waals surface area contributed by atoms with Crippen molar-refractivity contribution in [1.29, 1.82) is 0 Å². The van der Waals surface area contributed by atoms with Crippen LogP contribution in [0.15, 0.2) is 11.4 Å². The van der Waals surface area contributed by atoms with E-state index in [0.29, 0.717) is 31.5 Å². The highest BCUT2D eigenvalue weighted by Crippen LogP contribution is 2.21. The highest BCUT2D eigenvalue weighted by atomic mass is 19.1. The number of hydrogen-bond donors (Lipinski definition) is 1. The zero-order valence-corrected chi connectivity index (χ0v) is 13.0. The molecule has 0 spiro atoms. The van der Waals surface area contributed by atoms with E-state index >= 15 is 0 Å². The number of nitrogens with zero attached hydrogens (tertiary/aromatic N) is 1. The molecule has 7 heteroatoms. The molecule has 1 fully saturated rings. The molecule has 6 nitrogen and oxygen atoms in total. The molecule has 21 heavy (non-hydrogen) atoms. The van der Waals surface area contributed by atoms with Crippen LogP contribution in [0.3, 0.4) is 0 Å². The van der Waals surface area contributed by atoms with Crippen molar-refractivity contribution in [2.24, 2.45) is 0 Å². The summed E-state index contributed by atoms with van der Waals surface area (Å²) in [5.74, 6) is -1.73. The molecule has 0 aromatic rings. The van der Waals surface area contributed by atoms with Gasteiger partial charge in [-0.15, -0.1) is 0 Å². The van der Waals surface area contributed by atoms with Gasteiger partial charge in [0.2, 0.25) is 5.83 Å². The number of hydrogen-bond acceptors (Lipinski definition) is 5. The van der Waals surface area contributed by atoms with Gasteiger partial charge in [-0.05, 0) is 46.1 Å². The van der Waals surface area contributed by atoms with Crippen LogP contribution in [-0.4, -0.2) is 42.4 Å². The average Bonchev–Trinajstić information content (AvgIpc) is 2.36. The van der Waals surface area contributed by atoms with Crippen LogP contribution in [0.4, 0.5) is 9.18 Å². The molecule has 0 aliphatic carbocycles. The van der Waals surface area contributed by atoms with Crippen LogP contribution in [-0.2, 0) is 14.3 Å². The molecule has 1 rings (SSSR count). The van der Waals surface area contributed by atoms with Crippen LogP contribution in [0.2, 0.25) is 0 Å². The van der Waals surface area contributed by atoms with Crippen LogP contribution >= 0.6 is 0 Å². The molecule has 0 aromatic carbocycles. The third kappa shape index (κ3) is 6.12. The zero-order chi connectivity index (χ0) is 16.0. The first kappa shape index (κ1) is 17.4. The Kier molecular flexibility index (Phi) is 6.14. The maximum Gasteiger partial charge on any atom is 0.422 e. The van der Waals surface area contributed by atoms with E-state index in [2.05, 4.69) is 10.2 Å². The van der Waals surface area contributed by atoms with Gasteiger partial charge in [-0.1, -0.05) is 0 Å². The van der Waals surface area contributed by atoms with Crippen LogP contribution < -0.4 is 5.43 Å². The Balaban J connectivity index is 2.47. The largest absolute Gasteiger partial charge is 0.461 e. The van der Waals surface area contributed by atoms with Gasteiger partial charge in [0.25, 0.3) is 0 Å². The maximum absolute atomic E-state index is 13.8. The second kappa shape index (κ2) is 7.40. The lowest BCUT2D eigenvalue weighted by Crippen LogP contribution is -2.47. The highest BCUT2D eigenvalue weighted by molar-refractivity contribution is 5.86. The minimum Gasteiger partial charge on any atom is -0.461 e. The predicted molar refractivity (Wildman–Crippen MR) is 74.9 cm³/mol. The molecular weight excluding hydrogens is 279 g/mol. The molecule has 0 radical (unpaired) electrons. The number of nitrogens with one attached hydrogen (secondary N) is 1. The summed E-state index contributed by atoms with van der Waals surface area (Å²) in [5, 5.41) is 1.65. The summed E-state index contributed by atoms with van der Waals surface area (Å²) < 4.78 is 23.5. The molecule has 1 aliphatic rings. The summed E-state index contributed by atoms with van der Waals surface area (Å²) in [6, 6.07) is 0. The Morgan fingerprint density at radius 1 is 1.29 bits per heavy atom. The topological polar surface area (TPSA) is 67.9 Å². The van der Waals surface area contributed by atoms with Crippen LogP contribution in [0.5, 0.6) is 0 Å². The number of halogens is 1. The van der Waals surface area contributed by atoms with Crippen LogP contribution in [0.25, 0.3) is 0 Å². The van der Waals surface area contributed by atoms with Gasteiger partial charge in [0, 0.05) is 13.1 Å². The second-order valence-corrected chi connectivity index (χ2v) is 5.74. The molecule has 1 saturated heterocycles. The van der Waals surface area contributed by atoms with E-state index in [1.165, 1.54) is 0 Å². The summed E-state index contributed by atoms with van der Waals surface area (Å²) in [6.07, 6.45) is 0.182. The van der Waals surface area contributed by atoms with Crippen LogP contribution in [0.1, 0.15) is 40.5 Å². The first-order valence-electron chi connectivity index (χ1n) is 7.02. The number of amides is 1. The zero-order valence-electron chi connectivity index (χ0n) is 13.0. The van der Waals surface area contributed by atoms with E-state index in [1.807, 2.05) is 0 Å². The molecule has 0 saturated carbocycles. The SMILES string of the molecule is CCOC(=O)C(F)=C1CCN(NC(=O)OC(C)(C)C)CC1. The summed E-state index contributed by atoms with van der Waals surface area (Å²) in [7, 11) is 0. The maximum atomic E-state index is 13.8. The van der Waals surface area contributed by atoms with Gasteiger partial charge in [-0.3, -0.25) is 5.43 Å². The Morgan fingerprint density at radius 3 is 2.33 bits per heavy atom. The van der Waals surface area contributed by atoms with Crippen molar-refractivity contribution in [3.05, 3.63) is 11.4 Å². The van der Waals surface area contributed by atoms with E-state index in [1.54, 1.807) is 32.7 Å². The van der Waals surface area contributed by atoms with Gasteiger partial charge in [-0.25, -0.2) is 14.6 Å². The van der Waals surface area contributed by atoms with Gasteiger partial charge in [0.15, 0.2) is 0 Å².